The lowest BCUT2D eigenvalue weighted by molar-refractivity contribution is -0.130. The normalized spacial score (nSPS) is 17.3. The molecule has 122 valence electrons. The fraction of sp³-hybridized carbons (Fsp3) is 0.353. The summed E-state index contributed by atoms with van der Waals surface area (Å²) in [5.41, 5.74) is 0.816. The summed E-state index contributed by atoms with van der Waals surface area (Å²) in [5, 5.41) is 5.75. The minimum atomic E-state index is 0.118. The Morgan fingerprint density at radius 3 is 3.04 bits per heavy atom. The molecule has 1 aliphatic heterocycles. The van der Waals surface area contributed by atoms with Crippen molar-refractivity contribution in [3.63, 3.8) is 0 Å². The molecule has 0 spiro atoms. The molecule has 1 amide bonds. The highest BCUT2D eigenvalue weighted by Gasteiger charge is 2.30. The van der Waals surface area contributed by atoms with E-state index in [1.807, 2.05) is 17.0 Å². The minimum Gasteiger partial charge on any atom is -0.495 e. The molecule has 3 rings (SSSR count). The summed E-state index contributed by atoms with van der Waals surface area (Å²) in [6.07, 6.45) is 2.10. The summed E-state index contributed by atoms with van der Waals surface area (Å²) >= 11 is 7.82. The summed E-state index contributed by atoms with van der Waals surface area (Å²) in [6, 6.07) is 9.80. The number of nitrogens with zero attached hydrogens (tertiary/aromatic N) is 1. The van der Waals surface area contributed by atoms with Crippen molar-refractivity contribution in [2.24, 2.45) is 0 Å². The molecule has 2 aromatic rings. The molecule has 1 aromatic carbocycles. The second kappa shape index (κ2) is 7.23. The van der Waals surface area contributed by atoms with E-state index in [0.29, 0.717) is 10.8 Å². The predicted octanol–water partition coefficient (Wildman–Crippen LogP) is 4.19. The van der Waals surface area contributed by atoms with E-state index >= 15 is 0 Å². The van der Waals surface area contributed by atoms with Crippen LogP contribution < -0.4 is 10.1 Å². The third kappa shape index (κ3) is 3.62. The van der Waals surface area contributed by atoms with Crippen molar-refractivity contribution in [1.82, 2.24) is 4.90 Å². The maximum absolute atomic E-state index is 12.5. The monoisotopic (exact) mass is 350 g/mol. The second-order valence-corrected chi connectivity index (χ2v) is 6.85. The van der Waals surface area contributed by atoms with Crippen molar-refractivity contribution < 1.29 is 9.53 Å². The Morgan fingerprint density at radius 2 is 2.35 bits per heavy atom. The molecule has 1 fully saturated rings. The standard InChI is InChI=1S/C17H19ClN2O2S/c1-22-15-7-6-12(10-13(15)18)19-11-17(21)20-8-2-4-14(20)16-5-3-9-23-16/h3,5-7,9-10,14,19H,2,4,8,11H2,1H3. The number of hydrogen-bond donors (Lipinski definition) is 1. The van der Waals surface area contributed by atoms with Crippen LogP contribution >= 0.6 is 22.9 Å². The van der Waals surface area contributed by atoms with Gasteiger partial charge in [0.1, 0.15) is 5.75 Å². The highest BCUT2D eigenvalue weighted by molar-refractivity contribution is 7.10. The van der Waals surface area contributed by atoms with E-state index < -0.39 is 0 Å². The Hall–Kier alpha value is -1.72. The van der Waals surface area contributed by atoms with Gasteiger partial charge < -0.3 is 15.0 Å². The first kappa shape index (κ1) is 16.1. The number of halogens is 1. The zero-order valence-corrected chi connectivity index (χ0v) is 14.5. The van der Waals surface area contributed by atoms with Crippen LogP contribution in [0.4, 0.5) is 5.69 Å². The van der Waals surface area contributed by atoms with Gasteiger partial charge in [-0.1, -0.05) is 17.7 Å². The van der Waals surface area contributed by atoms with Gasteiger partial charge in [-0.25, -0.2) is 0 Å². The molecular formula is C17H19ClN2O2S. The van der Waals surface area contributed by atoms with Gasteiger partial charge in [-0.05, 0) is 42.5 Å². The highest BCUT2D eigenvalue weighted by atomic mass is 35.5. The summed E-state index contributed by atoms with van der Waals surface area (Å²) in [5.74, 6) is 0.744. The molecular weight excluding hydrogens is 332 g/mol. The van der Waals surface area contributed by atoms with E-state index in [1.54, 1.807) is 30.6 Å². The number of methoxy groups -OCH3 is 1. The van der Waals surface area contributed by atoms with Gasteiger partial charge in [-0.15, -0.1) is 11.3 Å². The van der Waals surface area contributed by atoms with Crippen molar-refractivity contribution in [2.45, 2.75) is 18.9 Å². The molecule has 0 aliphatic carbocycles. The van der Waals surface area contributed by atoms with Gasteiger partial charge in [0.05, 0.1) is 24.7 Å². The Labute approximate surface area is 145 Å². The number of amides is 1. The maximum atomic E-state index is 12.5. The molecule has 1 atom stereocenters. The summed E-state index contributed by atoms with van der Waals surface area (Å²) in [4.78, 5) is 15.8. The topological polar surface area (TPSA) is 41.6 Å². The van der Waals surface area contributed by atoms with Crippen LogP contribution in [0.25, 0.3) is 0 Å². The van der Waals surface area contributed by atoms with Crippen molar-refractivity contribution in [3.05, 3.63) is 45.6 Å². The molecule has 23 heavy (non-hydrogen) atoms. The predicted molar refractivity (Wildman–Crippen MR) is 94.5 cm³/mol. The maximum Gasteiger partial charge on any atom is 0.242 e. The molecule has 6 heteroatoms. The Kier molecular flexibility index (Phi) is 5.08. The first-order valence-electron chi connectivity index (χ1n) is 7.59. The minimum absolute atomic E-state index is 0.118. The number of rotatable bonds is 5. The average molecular weight is 351 g/mol. The summed E-state index contributed by atoms with van der Waals surface area (Å²) in [7, 11) is 1.58. The van der Waals surface area contributed by atoms with E-state index in [-0.39, 0.29) is 18.5 Å². The quantitative estimate of drug-likeness (QED) is 0.879. The zero-order chi connectivity index (χ0) is 16.2. The molecule has 4 nitrogen and oxygen atoms in total. The van der Waals surface area contributed by atoms with Crippen LogP contribution in [-0.4, -0.2) is 31.0 Å². The third-order valence-electron chi connectivity index (χ3n) is 4.04. The molecule has 1 saturated heterocycles. The fourth-order valence-corrected chi connectivity index (χ4v) is 4.03. The number of carbonyl (C=O) groups excluding carboxylic acids is 1. The van der Waals surface area contributed by atoms with E-state index in [9.17, 15) is 4.79 Å². The summed E-state index contributed by atoms with van der Waals surface area (Å²) in [6.45, 7) is 1.09. The Bertz CT molecular complexity index is 675. The number of likely N-dealkylation sites (tertiary alicyclic amines) is 1. The average Bonchev–Trinajstić information content (AvgIpc) is 3.23. The van der Waals surface area contributed by atoms with Crippen molar-refractivity contribution >= 4 is 34.5 Å². The third-order valence-corrected chi connectivity index (χ3v) is 5.31. The molecule has 1 N–H and O–H groups in total. The molecule has 0 radical (unpaired) electrons. The van der Waals surface area contributed by atoms with Crippen LogP contribution in [0.2, 0.25) is 5.02 Å². The van der Waals surface area contributed by atoms with Crippen LogP contribution in [0.5, 0.6) is 5.75 Å². The lowest BCUT2D eigenvalue weighted by Crippen LogP contribution is -2.34. The largest absolute Gasteiger partial charge is 0.495 e. The number of hydrogen-bond acceptors (Lipinski definition) is 4. The molecule has 0 saturated carbocycles. The van der Waals surface area contributed by atoms with Crippen LogP contribution in [0.15, 0.2) is 35.7 Å². The molecule has 0 bridgehead atoms. The SMILES string of the molecule is COc1ccc(NCC(=O)N2CCCC2c2cccs2)cc1Cl. The van der Waals surface area contributed by atoms with Crippen LogP contribution in [-0.2, 0) is 4.79 Å². The summed E-state index contributed by atoms with van der Waals surface area (Å²) < 4.78 is 5.13. The number of benzene rings is 1. The molecule has 2 heterocycles. The van der Waals surface area contributed by atoms with Gasteiger partial charge >= 0.3 is 0 Å². The van der Waals surface area contributed by atoms with Gasteiger partial charge in [0.15, 0.2) is 0 Å². The van der Waals surface area contributed by atoms with E-state index in [2.05, 4.69) is 16.8 Å². The lowest BCUT2D eigenvalue weighted by Gasteiger charge is -2.24. The van der Waals surface area contributed by atoms with Crippen LogP contribution in [0.3, 0.4) is 0 Å². The van der Waals surface area contributed by atoms with Gasteiger partial charge in [0.25, 0.3) is 0 Å². The van der Waals surface area contributed by atoms with Crippen molar-refractivity contribution in [2.75, 3.05) is 25.5 Å². The Balaban J connectivity index is 1.62. The Morgan fingerprint density at radius 1 is 1.48 bits per heavy atom. The molecule has 1 aliphatic rings. The van der Waals surface area contributed by atoms with Gasteiger partial charge in [-0.2, -0.15) is 0 Å². The van der Waals surface area contributed by atoms with Crippen molar-refractivity contribution in [3.8, 4) is 5.75 Å². The second-order valence-electron chi connectivity index (χ2n) is 5.46. The van der Waals surface area contributed by atoms with E-state index in [1.165, 1.54) is 4.88 Å². The highest BCUT2D eigenvalue weighted by Crippen LogP contribution is 2.34. The number of nitrogens with one attached hydrogen (secondary N) is 1. The number of anilines is 1. The fourth-order valence-electron chi connectivity index (χ4n) is 2.90. The van der Waals surface area contributed by atoms with E-state index in [4.69, 9.17) is 16.3 Å². The van der Waals surface area contributed by atoms with Crippen molar-refractivity contribution in [1.29, 1.82) is 0 Å². The lowest BCUT2D eigenvalue weighted by atomic mass is 10.2. The van der Waals surface area contributed by atoms with E-state index in [0.717, 1.165) is 25.1 Å². The molecule has 1 aromatic heterocycles. The number of ether oxygens (including phenoxy) is 1. The first-order chi connectivity index (χ1) is 11.2. The van der Waals surface area contributed by atoms with Crippen LogP contribution in [0.1, 0.15) is 23.8 Å². The smallest absolute Gasteiger partial charge is 0.242 e. The van der Waals surface area contributed by atoms with Gasteiger partial charge in [0.2, 0.25) is 5.91 Å². The zero-order valence-electron chi connectivity index (χ0n) is 12.9. The molecule has 1 unspecified atom stereocenters. The van der Waals surface area contributed by atoms with Gasteiger partial charge in [-0.3, -0.25) is 4.79 Å². The number of thiophene rings is 1. The first-order valence-corrected chi connectivity index (χ1v) is 8.85. The van der Waals surface area contributed by atoms with Gasteiger partial charge in [0, 0.05) is 17.1 Å². The number of carbonyl (C=O) groups is 1. The van der Waals surface area contributed by atoms with Crippen LogP contribution in [0, 0.1) is 0 Å².